The minimum atomic E-state index is 0.140. The average molecular weight is 263 g/mol. The number of aryl methyl sites for hydroxylation is 2. The lowest BCUT2D eigenvalue weighted by molar-refractivity contribution is -0.129. The van der Waals surface area contributed by atoms with Gasteiger partial charge in [0.05, 0.1) is 12.1 Å². The highest BCUT2D eigenvalue weighted by molar-refractivity contribution is 7.10. The topological polar surface area (TPSA) is 38.1 Å². The Kier molecular flexibility index (Phi) is 3.81. The summed E-state index contributed by atoms with van der Waals surface area (Å²) in [5, 5.41) is 6.27. The van der Waals surface area contributed by atoms with Crippen molar-refractivity contribution in [1.29, 1.82) is 0 Å². The van der Waals surface area contributed by atoms with Gasteiger partial charge in [0, 0.05) is 37.3 Å². The van der Waals surface area contributed by atoms with Gasteiger partial charge in [-0.2, -0.15) is 5.10 Å². The van der Waals surface area contributed by atoms with Gasteiger partial charge in [-0.15, -0.1) is 11.3 Å². The van der Waals surface area contributed by atoms with Gasteiger partial charge in [0.1, 0.15) is 0 Å². The Bertz CT molecular complexity index is 530. The molecule has 2 heterocycles. The van der Waals surface area contributed by atoms with Crippen LogP contribution < -0.4 is 0 Å². The average Bonchev–Trinajstić information content (AvgIpc) is 2.89. The van der Waals surface area contributed by atoms with Crippen LogP contribution in [0.15, 0.2) is 23.7 Å². The van der Waals surface area contributed by atoms with E-state index in [2.05, 4.69) is 5.10 Å². The van der Waals surface area contributed by atoms with Crippen molar-refractivity contribution >= 4 is 17.2 Å². The van der Waals surface area contributed by atoms with E-state index >= 15 is 0 Å². The van der Waals surface area contributed by atoms with E-state index in [1.807, 2.05) is 44.7 Å². The molecule has 0 bridgehead atoms. The quantitative estimate of drug-likeness (QED) is 0.846. The molecule has 0 radical (unpaired) electrons. The molecule has 18 heavy (non-hydrogen) atoms. The van der Waals surface area contributed by atoms with Crippen LogP contribution in [-0.4, -0.2) is 27.6 Å². The normalized spacial score (nSPS) is 10.6. The van der Waals surface area contributed by atoms with Gasteiger partial charge in [0.15, 0.2) is 0 Å². The van der Waals surface area contributed by atoms with Crippen molar-refractivity contribution in [3.63, 3.8) is 0 Å². The monoisotopic (exact) mass is 263 g/mol. The van der Waals surface area contributed by atoms with Crippen LogP contribution in [0.25, 0.3) is 0 Å². The van der Waals surface area contributed by atoms with Crippen molar-refractivity contribution in [3.8, 4) is 0 Å². The highest BCUT2D eigenvalue weighted by Crippen LogP contribution is 2.12. The SMILES string of the molecule is Cc1nn(C)cc1CN(C)C(=O)Cc1cccs1. The van der Waals surface area contributed by atoms with Crippen LogP contribution in [0.1, 0.15) is 16.1 Å². The summed E-state index contributed by atoms with van der Waals surface area (Å²) in [5.74, 6) is 0.140. The third kappa shape index (κ3) is 2.98. The number of hydrogen-bond donors (Lipinski definition) is 0. The van der Waals surface area contributed by atoms with Gasteiger partial charge in [-0.3, -0.25) is 9.48 Å². The van der Waals surface area contributed by atoms with E-state index in [9.17, 15) is 4.79 Å². The van der Waals surface area contributed by atoms with E-state index in [1.165, 1.54) is 0 Å². The van der Waals surface area contributed by atoms with E-state index < -0.39 is 0 Å². The second-order valence-electron chi connectivity index (χ2n) is 4.42. The van der Waals surface area contributed by atoms with E-state index in [0.29, 0.717) is 13.0 Å². The molecule has 5 heteroatoms. The molecule has 0 unspecified atom stereocenters. The van der Waals surface area contributed by atoms with Gasteiger partial charge < -0.3 is 4.90 Å². The first-order chi connectivity index (χ1) is 8.56. The Hall–Kier alpha value is -1.62. The number of aromatic nitrogens is 2. The zero-order valence-electron chi connectivity index (χ0n) is 10.9. The fourth-order valence-corrected chi connectivity index (χ4v) is 2.54. The molecule has 96 valence electrons. The van der Waals surface area contributed by atoms with Crippen molar-refractivity contribution in [3.05, 3.63) is 39.8 Å². The van der Waals surface area contributed by atoms with Crippen LogP contribution in [0, 0.1) is 6.92 Å². The molecule has 0 aliphatic heterocycles. The summed E-state index contributed by atoms with van der Waals surface area (Å²) in [6.45, 7) is 2.58. The van der Waals surface area contributed by atoms with Gasteiger partial charge in [0.25, 0.3) is 0 Å². The molecule has 0 atom stereocenters. The van der Waals surface area contributed by atoms with Crippen molar-refractivity contribution < 1.29 is 4.79 Å². The van der Waals surface area contributed by atoms with Crippen LogP contribution in [0.2, 0.25) is 0 Å². The Balaban J connectivity index is 1.97. The van der Waals surface area contributed by atoms with Gasteiger partial charge in [-0.05, 0) is 18.4 Å². The molecule has 0 aliphatic carbocycles. The largest absolute Gasteiger partial charge is 0.341 e. The molecule has 0 saturated heterocycles. The molecule has 0 fully saturated rings. The molecule has 1 amide bonds. The molecule has 2 rings (SSSR count). The van der Waals surface area contributed by atoms with E-state index in [-0.39, 0.29) is 5.91 Å². The second kappa shape index (κ2) is 5.35. The number of thiophene rings is 1. The highest BCUT2D eigenvalue weighted by atomic mass is 32.1. The Morgan fingerprint density at radius 2 is 2.33 bits per heavy atom. The number of carbonyl (C=O) groups is 1. The smallest absolute Gasteiger partial charge is 0.227 e. The number of carbonyl (C=O) groups excluding carboxylic acids is 1. The van der Waals surface area contributed by atoms with Crippen molar-refractivity contribution in [2.75, 3.05) is 7.05 Å². The van der Waals surface area contributed by atoms with Crippen molar-refractivity contribution in [2.45, 2.75) is 19.9 Å². The van der Waals surface area contributed by atoms with E-state index in [0.717, 1.165) is 16.1 Å². The van der Waals surface area contributed by atoms with E-state index in [1.54, 1.807) is 20.9 Å². The summed E-state index contributed by atoms with van der Waals surface area (Å²) in [7, 11) is 3.73. The zero-order valence-corrected chi connectivity index (χ0v) is 11.7. The standard InChI is InChI=1S/C13H17N3OS/c1-10-11(9-16(3)14-10)8-15(2)13(17)7-12-5-4-6-18-12/h4-6,9H,7-8H2,1-3H3. The number of amides is 1. The van der Waals surface area contributed by atoms with Gasteiger partial charge >= 0.3 is 0 Å². The lowest BCUT2D eigenvalue weighted by Crippen LogP contribution is -2.27. The predicted octanol–water partition coefficient (Wildman–Crippen LogP) is 1.99. The van der Waals surface area contributed by atoms with Crippen LogP contribution in [0.5, 0.6) is 0 Å². The molecule has 0 aliphatic rings. The lowest BCUT2D eigenvalue weighted by atomic mass is 10.2. The molecular formula is C13H17N3OS. The maximum Gasteiger partial charge on any atom is 0.227 e. The summed E-state index contributed by atoms with van der Waals surface area (Å²) in [6.07, 6.45) is 2.44. The summed E-state index contributed by atoms with van der Waals surface area (Å²) in [4.78, 5) is 14.9. The third-order valence-electron chi connectivity index (χ3n) is 2.85. The van der Waals surface area contributed by atoms with Gasteiger partial charge in [-0.25, -0.2) is 0 Å². The molecule has 2 aromatic rings. The fraction of sp³-hybridized carbons (Fsp3) is 0.385. The molecule has 4 nitrogen and oxygen atoms in total. The predicted molar refractivity (Wildman–Crippen MR) is 72.4 cm³/mol. The van der Waals surface area contributed by atoms with Crippen LogP contribution >= 0.6 is 11.3 Å². The number of nitrogens with zero attached hydrogens (tertiary/aromatic N) is 3. The number of hydrogen-bond acceptors (Lipinski definition) is 3. The molecule has 0 spiro atoms. The first kappa shape index (κ1) is 12.8. The molecule has 0 N–H and O–H groups in total. The Morgan fingerprint density at radius 3 is 2.89 bits per heavy atom. The van der Waals surface area contributed by atoms with Crippen LogP contribution in [-0.2, 0) is 24.8 Å². The summed E-state index contributed by atoms with van der Waals surface area (Å²) in [5.41, 5.74) is 2.08. The Labute approximate surface area is 111 Å². The zero-order chi connectivity index (χ0) is 13.1. The number of rotatable bonds is 4. The van der Waals surface area contributed by atoms with Crippen molar-refractivity contribution in [1.82, 2.24) is 14.7 Å². The maximum atomic E-state index is 12.0. The Morgan fingerprint density at radius 1 is 1.56 bits per heavy atom. The van der Waals surface area contributed by atoms with Crippen LogP contribution in [0.3, 0.4) is 0 Å². The van der Waals surface area contributed by atoms with Gasteiger partial charge in [0.2, 0.25) is 5.91 Å². The first-order valence-corrected chi connectivity index (χ1v) is 6.69. The summed E-state index contributed by atoms with van der Waals surface area (Å²) >= 11 is 1.62. The number of likely N-dealkylation sites (N-methyl/N-ethyl adjacent to an activating group) is 1. The minimum Gasteiger partial charge on any atom is -0.341 e. The van der Waals surface area contributed by atoms with Crippen molar-refractivity contribution in [2.24, 2.45) is 7.05 Å². The van der Waals surface area contributed by atoms with Gasteiger partial charge in [-0.1, -0.05) is 6.07 Å². The van der Waals surface area contributed by atoms with E-state index in [4.69, 9.17) is 0 Å². The molecule has 0 aromatic carbocycles. The fourth-order valence-electron chi connectivity index (χ4n) is 1.84. The highest BCUT2D eigenvalue weighted by Gasteiger charge is 2.13. The maximum absolute atomic E-state index is 12.0. The minimum absolute atomic E-state index is 0.140. The molecule has 0 saturated carbocycles. The summed E-state index contributed by atoms with van der Waals surface area (Å²) < 4.78 is 1.78. The third-order valence-corrected chi connectivity index (χ3v) is 3.73. The summed E-state index contributed by atoms with van der Waals surface area (Å²) in [6, 6.07) is 3.96. The molecule has 2 aromatic heterocycles. The first-order valence-electron chi connectivity index (χ1n) is 5.81. The molecular weight excluding hydrogens is 246 g/mol. The lowest BCUT2D eigenvalue weighted by Gasteiger charge is -2.16. The second-order valence-corrected chi connectivity index (χ2v) is 5.45. The van der Waals surface area contributed by atoms with Crippen LogP contribution in [0.4, 0.5) is 0 Å².